The molecule has 1 aromatic carbocycles. The third kappa shape index (κ3) is 4.13. The van der Waals surface area contributed by atoms with Crippen LogP contribution in [0.4, 0.5) is 23.7 Å². The highest BCUT2D eigenvalue weighted by Gasteiger charge is 2.31. The number of nitrogens with zero attached hydrogens (tertiary/aromatic N) is 1. The van der Waals surface area contributed by atoms with Crippen LogP contribution in [-0.4, -0.2) is 37.2 Å². The van der Waals surface area contributed by atoms with Crippen LogP contribution < -0.4 is 5.32 Å². The number of hydrogen-bond donors (Lipinski definition) is 1. The lowest BCUT2D eigenvalue weighted by molar-refractivity contribution is -0.137. The van der Waals surface area contributed by atoms with Crippen molar-refractivity contribution in [1.29, 1.82) is 0 Å². The van der Waals surface area contributed by atoms with E-state index in [1.165, 1.54) is 12.1 Å². The van der Waals surface area contributed by atoms with E-state index in [-0.39, 0.29) is 17.8 Å². The van der Waals surface area contributed by atoms with Crippen molar-refractivity contribution in [2.45, 2.75) is 31.5 Å². The maximum Gasteiger partial charge on any atom is 0.416 e. The lowest BCUT2D eigenvalue weighted by Gasteiger charge is -2.35. The molecule has 1 heterocycles. The predicted octanol–water partition coefficient (Wildman–Crippen LogP) is 3.74. The van der Waals surface area contributed by atoms with E-state index in [9.17, 15) is 18.0 Å². The van der Waals surface area contributed by atoms with Gasteiger partial charge in [-0.1, -0.05) is 6.07 Å². The molecule has 0 aromatic heterocycles. The molecule has 0 saturated carbocycles. The number of benzene rings is 1. The standard InChI is InChI=1S/C15H19F3N2O2/c1-22-10-13-7-2-3-8-20(13)14(21)19-12-6-4-5-11(9-12)15(16,17)18/h4-6,9,13H,2-3,7-8,10H2,1H3,(H,19,21). The highest BCUT2D eigenvalue weighted by atomic mass is 19.4. The summed E-state index contributed by atoms with van der Waals surface area (Å²) >= 11 is 0. The number of amides is 2. The number of likely N-dealkylation sites (tertiary alicyclic amines) is 1. The van der Waals surface area contributed by atoms with Gasteiger partial charge in [-0.15, -0.1) is 0 Å². The van der Waals surface area contributed by atoms with Gasteiger partial charge >= 0.3 is 12.2 Å². The zero-order valence-corrected chi connectivity index (χ0v) is 12.3. The average Bonchev–Trinajstić information content (AvgIpc) is 2.47. The monoisotopic (exact) mass is 316 g/mol. The molecule has 1 N–H and O–H groups in total. The molecule has 2 amide bonds. The van der Waals surface area contributed by atoms with Gasteiger partial charge in [-0.05, 0) is 37.5 Å². The Balaban J connectivity index is 2.07. The third-order valence-corrected chi connectivity index (χ3v) is 3.69. The minimum atomic E-state index is -4.43. The smallest absolute Gasteiger partial charge is 0.383 e. The van der Waals surface area contributed by atoms with E-state index in [2.05, 4.69) is 5.32 Å². The van der Waals surface area contributed by atoms with Crippen LogP contribution in [0.25, 0.3) is 0 Å². The first-order valence-electron chi connectivity index (χ1n) is 7.15. The first kappa shape index (κ1) is 16.6. The Morgan fingerprint density at radius 1 is 1.41 bits per heavy atom. The molecule has 22 heavy (non-hydrogen) atoms. The SMILES string of the molecule is COCC1CCCCN1C(=O)Nc1cccc(C(F)(F)F)c1. The second kappa shape index (κ2) is 7.00. The van der Waals surface area contributed by atoms with E-state index in [0.717, 1.165) is 31.4 Å². The largest absolute Gasteiger partial charge is 0.416 e. The number of nitrogens with one attached hydrogen (secondary N) is 1. The van der Waals surface area contributed by atoms with E-state index in [0.29, 0.717) is 13.2 Å². The van der Waals surface area contributed by atoms with Gasteiger partial charge in [0.25, 0.3) is 0 Å². The summed E-state index contributed by atoms with van der Waals surface area (Å²) in [7, 11) is 1.57. The summed E-state index contributed by atoms with van der Waals surface area (Å²) in [6.45, 7) is 1.01. The number of alkyl halides is 3. The molecule has 1 atom stereocenters. The van der Waals surface area contributed by atoms with Crippen LogP contribution >= 0.6 is 0 Å². The van der Waals surface area contributed by atoms with Crippen LogP contribution in [0.15, 0.2) is 24.3 Å². The molecule has 2 rings (SSSR count). The Bertz CT molecular complexity index is 518. The number of carbonyl (C=O) groups excluding carboxylic acids is 1. The molecule has 1 aliphatic rings. The molecule has 122 valence electrons. The van der Waals surface area contributed by atoms with Gasteiger partial charge in [0.15, 0.2) is 0 Å². The lowest BCUT2D eigenvalue weighted by atomic mass is 10.0. The summed E-state index contributed by atoms with van der Waals surface area (Å²) in [4.78, 5) is 13.9. The van der Waals surface area contributed by atoms with Gasteiger partial charge in [-0.25, -0.2) is 4.79 Å². The Morgan fingerprint density at radius 3 is 2.86 bits per heavy atom. The third-order valence-electron chi connectivity index (χ3n) is 3.69. The number of carbonyl (C=O) groups is 1. The first-order chi connectivity index (χ1) is 10.4. The molecule has 0 aliphatic carbocycles. The molecule has 4 nitrogen and oxygen atoms in total. The van der Waals surface area contributed by atoms with Gasteiger partial charge in [0.1, 0.15) is 0 Å². The zero-order valence-electron chi connectivity index (χ0n) is 12.3. The molecule has 0 bridgehead atoms. The predicted molar refractivity (Wildman–Crippen MR) is 76.7 cm³/mol. The van der Waals surface area contributed by atoms with Crippen LogP contribution in [0.2, 0.25) is 0 Å². The van der Waals surface area contributed by atoms with Crippen molar-refractivity contribution in [3.05, 3.63) is 29.8 Å². The van der Waals surface area contributed by atoms with Crippen LogP contribution in [0.5, 0.6) is 0 Å². The Labute approximate surface area is 127 Å². The number of methoxy groups -OCH3 is 1. The fourth-order valence-corrected chi connectivity index (χ4v) is 2.60. The van der Waals surface area contributed by atoms with Crippen molar-refractivity contribution in [3.8, 4) is 0 Å². The summed E-state index contributed by atoms with van der Waals surface area (Å²) in [6.07, 6.45) is -1.69. The maximum atomic E-state index is 12.7. The first-order valence-corrected chi connectivity index (χ1v) is 7.15. The minimum Gasteiger partial charge on any atom is -0.383 e. The molecule has 1 unspecified atom stereocenters. The average molecular weight is 316 g/mol. The van der Waals surface area contributed by atoms with Crippen LogP contribution in [0.3, 0.4) is 0 Å². The second-order valence-corrected chi connectivity index (χ2v) is 5.31. The number of anilines is 1. The molecule has 1 aromatic rings. The topological polar surface area (TPSA) is 41.6 Å². The number of urea groups is 1. The number of rotatable bonds is 3. The van der Waals surface area contributed by atoms with Crippen molar-refractivity contribution in [2.24, 2.45) is 0 Å². The summed E-state index contributed by atoms with van der Waals surface area (Å²) in [5, 5.41) is 2.54. The van der Waals surface area contributed by atoms with Gasteiger partial charge in [0.05, 0.1) is 18.2 Å². The van der Waals surface area contributed by atoms with Crippen molar-refractivity contribution >= 4 is 11.7 Å². The Hall–Kier alpha value is -1.76. The van der Waals surface area contributed by atoms with Gasteiger partial charge in [0.2, 0.25) is 0 Å². The summed E-state index contributed by atoms with van der Waals surface area (Å²) in [5.41, 5.74) is -0.640. The number of halogens is 3. The summed E-state index contributed by atoms with van der Waals surface area (Å²) in [6, 6.07) is 4.21. The van der Waals surface area contributed by atoms with Crippen molar-refractivity contribution < 1.29 is 22.7 Å². The molecular weight excluding hydrogens is 297 g/mol. The number of piperidine rings is 1. The molecule has 0 radical (unpaired) electrons. The zero-order chi connectivity index (χ0) is 16.2. The highest BCUT2D eigenvalue weighted by molar-refractivity contribution is 5.89. The molecule has 1 saturated heterocycles. The van der Waals surface area contributed by atoms with Gasteiger partial charge in [-0.3, -0.25) is 0 Å². The minimum absolute atomic E-state index is 0.0375. The number of ether oxygens (including phenoxy) is 1. The van der Waals surface area contributed by atoms with E-state index >= 15 is 0 Å². The molecule has 0 spiro atoms. The maximum absolute atomic E-state index is 12.7. The van der Waals surface area contributed by atoms with Crippen LogP contribution in [0, 0.1) is 0 Å². The summed E-state index contributed by atoms with van der Waals surface area (Å²) in [5.74, 6) is 0. The number of hydrogen-bond acceptors (Lipinski definition) is 2. The van der Waals surface area contributed by atoms with E-state index in [4.69, 9.17) is 4.74 Å². The fraction of sp³-hybridized carbons (Fsp3) is 0.533. The van der Waals surface area contributed by atoms with Gasteiger partial charge < -0.3 is 15.0 Å². The summed E-state index contributed by atoms with van der Waals surface area (Å²) < 4.78 is 43.2. The quantitative estimate of drug-likeness (QED) is 0.923. The normalized spacial score (nSPS) is 19.1. The Morgan fingerprint density at radius 2 is 2.18 bits per heavy atom. The van der Waals surface area contributed by atoms with Crippen molar-refractivity contribution in [1.82, 2.24) is 4.90 Å². The Kier molecular flexibility index (Phi) is 5.28. The molecule has 1 fully saturated rings. The molecule has 1 aliphatic heterocycles. The van der Waals surface area contributed by atoms with Crippen LogP contribution in [0.1, 0.15) is 24.8 Å². The van der Waals surface area contributed by atoms with Gasteiger partial charge in [0, 0.05) is 19.3 Å². The molecular formula is C15H19F3N2O2. The van der Waals surface area contributed by atoms with Gasteiger partial charge in [-0.2, -0.15) is 13.2 Å². The second-order valence-electron chi connectivity index (χ2n) is 5.31. The fourth-order valence-electron chi connectivity index (χ4n) is 2.60. The van der Waals surface area contributed by atoms with E-state index < -0.39 is 11.7 Å². The van der Waals surface area contributed by atoms with Crippen molar-refractivity contribution in [2.75, 3.05) is 25.6 Å². The van der Waals surface area contributed by atoms with E-state index in [1.807, 2.05) is 0 Å². The highest BCUT2D eigenvalue weighted by Crippen LogP contribution is 2.30. The molecule has 7 heteroatoms. The van der Waals surface area contributed by atoms with E-state index in [1.54, 1.807) is 12.0 Å². The lowest BCUT2D eigenvalue weighted by Crippen LogP contribution is -2.47. The van der Waals surface area contributed by atoms with Crippen molar-refractivity contribution in [3.63, 3.8) is 0 Å². The van der Waals surface area contributed by atoms with Crippen LogP contribution in [-0.2, 0) is 10.9 Å².